The van der Waals surface area contributed by atoms with Crippen molar-refractivity contribution in [3.63, 3.8) is 0 Å². The molecule has 3 atom stereocenters. The van der Waals surface area contributed by atoms with Crippen LogP contribution in [0.25, 0.3) is 0 Å². The zero-order valence-corrected chi connectivity index (χ0v) is 16.6. The van der Waals surface area contributed by atoms with Crippen LogP contribution in [0.4, 0.5) is 0 Å². The first-order chi connectivity index (χ1) is 12.9. The molecule has 8 heteroatoms. The van der Waals surface area contributed by atoms with Crippen LogP contribution in [0.1, 0.15) is 48.8 Å². The van der Waals surface area contributed by atoms with Crippen molar-refractivity contribution in [1.29, 1.82) is 0 Å². The first kappa shape index (κ1) is 18.2. The van der Waals surface area contributed by atoms with Crippen molar-refractivity contribution < 1.29 is 14.1 Å². The van der Waals surface area contributed by atoms with Crippen LogP contribution in [0.2, 0.25) is 0 Å². The Balaban J connectivity index is 1.57. The quantitative estimate of drug-likeness (QED) is 0.869. The fourth-order valence-corrected chi connectivity index (χ4v) is 5.14. The molecule has 1 N–H and O–H groups in total. The van der Waals surface area contributed by atoms with Crippen LogP contribution in [0.5, 0.6) is 0 Å². The van der Waals surface area contributed by atoms with E-state index >= 15 is 0 Å². The molecule has 1 aliphatic carbocycles. The van der Waals surface area contributed by atoms with Crippen molar-refractivity contribution in [2.75, 3.05) is 13.1 Å². The third-order valence-corrected chi connectivity index (χ3v) is 6.44. The number of thiophene rings is 1. The minimum absolute atomic E-state index is 0.0332. The number of hydrogen-bond acceptors (Lipinski definition) is 6. The van der Waals surface area contributed by atoms with E-state index in [9.17, 15) is 9.59 Å². The van der Waals surface area contributed by atoms with Crippen molar-refractivity contribution in [2.45, 2.75) is 45.1 Å². The first-order valence-electron chi connectivity index (χ1n) is 9.31. The van der Waals surface area contributed by atoms with Gasteiger partial charge in [-0.15, -0.1) is 0 Å². The summed E-state index contributed by atoms with van der Waals surface area (Å²) in [6.45, 7) is 6.88. The van der Waals surface area contributed by atoms with Gasteiger partial charge in [0.25, 0.3) is 5.91 Å². The predicted molar refractivity (Wildman–Crippen MR) is 100 cm³/mol. The van der Waals surface area contributed by atoms with Crippen molar-refractivity contribution in [3.05, 3.63) is 34.1 Å². The number of hydrogen-bond donors (Lipinski definition) is 1. The molecule has 0 spiro atoms. The Morgan fingerprint density at radius 2 is 2.26 bits per heavy atom. The fraction of sp³-hybridized carbons (Fsp3) is 0.579. The lowest BCUT2D eigenvalue weighted by Crippen LogP contribution is -2.40. The van der Waals surface area contributed by atoms with Gasteiger partial charge in [0.15, 0.2) is 5.82 Å². The molecule has 3 heterocycles. The molecule has 0 radical (unpaired) electrons. The predicted octanol–water partition coefficient (Wildman–Crippen LogP) is 2.38. The third-order valence-electron chi connectivity index (χ3n) is 5.75. The molecule has 0 bridgehead atoms. The lowest BCUT2D eigenvalue weighted by atomic mass is 9.80. The topological polar surface area (TPSA) is 88.3 Å². The summed E-state index contributed by atoms with van der Waals surface area (Å²) < 4.78 is 5.56. The van der Waals surface area contributed by atoms with Crippen LogP contribution in [0.3, 0.4) is 0 Å². The second-order valence-electron chi connectivity index (χ2n) is 8.00. The Kier molecular flexibility index (Phi) is 4.53. The highest BCUT2D eigenvalue weighted by molar-refractivity contribution is 7.08. The Labute approximate surface area is 162 Å². The van der Waals surface area contributed by atoms with E-state index < -0.39 is 0 Å². The minimum Gasteiger partial charge on any atom is -0.349 e. The molecular weight excluding hydrogens is 364 g/mol. The van der Waals surface area contributed by atoms with Crippen molar-refractivity contribution in [2.24, 2.45) is 11.8 Å². The van der Waals surface area contributed by atoms with Gasteiger partial charge < -0.3 is 14.7 Å². The second-order valence-corrected chi connectivity index (χ2v) is 8.78. The number of nitrogens with zero attached hydrogens (tertiary/aromatic N) is 3. The van der Waals surface area contributed by atoms with Crippen LogP contribution >= 0.6 is 11.3 Å². The number of likely N-dealkylation sites (tertiary alicyclic amines) is 1. The van der Waals surface area contributed by atoms with Crippen molar-refractivity contribution in [3.8, 4) is 0 Å². The molecular formula is C19H24N4O3S. The Morgan fingerprint density at radius 3 is 2.89 bits per heavy atom. The van der Waals surface area contributed by atoms with Gasteiger partial charge in [-0.2, -0.15) is 16.3 Å². The molecule has 2 fully saturated rings. The number of aryl methyl sites for hydroxylation is 1. The van der Waals surface area contributed by atoms with Gasteiger partial charge in [-0.3, -0.25) is 9.59 Å². The van der Waals surface area contributed by atoms with Crippen LogP contribution in [0.15, 0.2) is 21.3 Å². The van der Waals surface area contributed by atoms with Crippen LogP contribution in [-0.4, -0.2) is 46.0 Å². The maximum atomic E-state index is 12.6. The molecule has 1 saturated heterocycles. The van der Waals surface area contributed by atoms with Gasteiger partial charge in [0.1, 0.15) is 0 Å². The van der Waals surface area contributed by atoms with E-state index in [-0.39, 0.29) is 35.1 Å². The van der Waals surface area contributed by atoms with Gasteiger partial charge in [0.05, 0.1) is 5.41 Å². The number of amides is 2. The molecule has 7 nitrogen and oxygen atoms in total. The number of carbonyl (C=O) groups is 2. The van der Waals surface area contributed by atoms with E-state index in [1.54, 1.807) is 6.92 Å². The molecule has 0 unspecified atom stereocenters. The van der Waals surface area contributed by atoms with Gasteiger partial charge in [-0.05, 0) is 37.1 Å². The average Bonchev–Trinajstić information content (AvgIpc) is 3.36. The number of nitrogens with one attached hydrogen (secondary N) is 1. The summed E-state index contributed by atoms with van der Waals surface area (Å²) in [7, 11) is 0. The van der Waals surface area contributed by atoms with Gasteiger partial charge in [0, 0.05) is 36.0 Å². The minimum atomic E-state index is -0.377. The Bertz CT molecular complexity index is 847. The van der Waals surface area contributed by atoms with Gasteiger partial charge in [-0.1, -0.05) is 19.0 Å². The number of carbonyl (C=O) groups excluding carboxylic acids is 2. The lowest BCUT2D eigenvalue weighted by molar-refractivity contribution is -0.133. The summed E-state index contributed by atoms with van der Waals surface area (Å²) in [5.74, 6) is 1.45. The fourth-order valence-electron chi connectivity index (χ4n) is 4.51. The summed E-state index contributed by atoms with van der Waals surface area (Å²) in [6, 6.07) is 1.86. The van der Waals surface area contributed by atoms with Crippen molar-refractivity contribution >= 4 is 23.2 Å². The molecule has 144 valence electrons. The number of rotatable bonds is 4. The third kappa shape index (κ3) is 3.16. The van der Waals surface area contributed by atoms with Crippen molar-refractivity contribution in [1.82, 2.24) is 20.4 Å². The van der Waals surface area contributed by atoms with Crippen LogP contribution < -0.4 is 5.32 Å². The van der Waals surface area contributed by atoms with Gasteiger partial charge in [-0.25, -0.2) is 0 Å². The van der Waals surface area contributed by atoms with E-state index in [1.807, 2.05) is 35.6 Å². The normalized spacial score (nSPS) is 27.2. The van der Waals surface area contributed by atoms with E-state index in [2.05, 4.69) is 15.5 Å². The number of fused-ring (bicyclic) bond motifs is 1. The highest BCUT2D eigenvalue weighted by Crippen LogP contribution is 2.50. The Hall–Kier alpha value is -2.22. The van der Waals surface area contributed by atoms with E-state index in [0.717, 1.165) is 6.42 Å². The maximum absolute atomic E-state index is 12.6. The Morgan fingerprint density at radius 1 is 1.44 bits per heavy atom. The second kappa shape index (κ2) is 6.74. The summed E-state index contributed by atoms with van der Waals surface area (Å²) in [4.78, 5) is 31.5. The van der Waals surface area contributed by atoms with Gasteiger partial charge >= 0.3 is 0 Å². The van der Waals surface area contributed by atoms with E-state index in [0.29, 0.717) is 36.8 Å². The molecule has 2 aromatic heterocycles. The molecule has 2 aliphatic rings. The smallest absolute Gasteiger partial charge is 0.252 e. The summed E-state index contributed by atoms with van der Waals surface area (Å²) in [6.07, 6.45) is 1.51. The summed E-state index contributed by atoms with van der Waals surface area (Å²) in [5.41, 5.74) is 0.314. The molecule has 27 heavy (non-hydrogen) atoms. The highest BCUT2D eigenvalue weighted by Gasteiger charge is 2.58. The SMILES string of the molecule is Cc1noc([C@]23C[C@H](NC(=O)c4ccsc4)C[C@H]2CN(C(=O)C(C)C)C3)n1. The lowest BCUT2D eigenvalue weighted by Gasteiger charge is -2.26. The molecule has 0 aromatic carbocycles. The monoisotopic (exact) mass is 388 g/mol. The highest BCUT2D eigenvalue weighted by atomic mass is 32.1. The summed E-state index contributed by atoms with van der Waals surface area (Å²) in [5, 5.41) is 10.9. The number of aromatic nitrogens is 2. The molecule has 1 saturated carbocycles. The zero-order chi connectivity index (χ0) is 19.2. The van der Waals surface area contributed by atoms with E-state index in [4.69, 9.17) is 4.52 Å². The molecule has 2 aromatic rings. The average molecular weight is 388 g/mol. The summed E-state index contributed by atoms with van der Waals surface area (Å²) >= 11 is 1.51. The standard InChI is InChI=1S/C19H24N4O3S/c1-11(2)17(25)23-8-14-6-15(21-16(24)13-4-5-27-9-13)7-19(14,10-23)18-20-12(3)22-26-18/h4-5,9,11,14-15H,6-8,10H2,1-3H3,(H,21,24)/t14-,15+,19-/m0/s1. The van der Waals surface area contributed by atoms with Crippen LogP contribution in [0, 0.1) is 18.8 Å². The largest absolute Gasteiger partial charge is 0.349 e. The van der Waals surface area contributed by atoms with Crippen LogP contribution in [-0.2, 0) is 10.2 Å². The molecule has 2 amide bonds. The molecule has 1 aliphatic heterocycles. The maximum Gasteiger partial charge on any atom is 0.252 e. The molecule has 4 rings (SSSR count). The first-order valence-corrected chi connectivity index (χ1v) is 10.3. The van der Waals surface area contributed by atoms with E-state index in [1.165, 1.54) is 11.3 Å². The van der Waals surface area contributed by atoms with Gasteiger partial charge in [0.2, 0.25) is 11.8 Å². The zero-order valence-electron chi connectivity index (χ0n) is 15.8.